The lowest BCUT2D eigenvalue weighted by atomic mass is 9.98. The Kier molecular flexibility index (Phi) is 7.77. The number of hydrogen-bond acceptors (Lipinski definition) is 5. The van der Waals surface area contributed by atoms with Crippen LogP contribution in [0.25, 0.3) is 22.0 Å². The summed E-state index contributed by atoms with van der Waals surface area (Å²) in [6, 6.07) is 9.95. The number of nitrogens with zero attached hydrogens (tertiary/aromatic N) is 3. The molecule has 3 N–H and O–H groups in total. The van der Waals surface area contributed by atoms with E-state index in [0.29, 0.717) is 16.8 Å². The minimum absolute atomic E-state index is 0.0328. The van der Waals surface area contributed by atoms with Gasteiger partial charge in [-0.1, -0.05) is 18.5 Å². The largest absolute Gasteiger partial charge is 0.354 e. The second kappa shape index (κ2) is 11.2. The van der Waals surface area contributed by atoms with Crippen molar-refractivity contribution in [2.24, 2.45) is 0 Å². The predicted molar refractivity (Wildman–Crippen MR) is 158 cm³/mol. The average molecular weight is 547 g/mol. The summed E-state index contributed by atoms with van der Waals surface area (Å²) in [7, 11) is 0. The molecule has 1 aliphatic rings. The van der Waals surface area contributed by atoms with Gasteiger partial charge in [0.1, 0.15) is 11.0 Å². The number of H-pyrrole nitrogens is 1. The number of aromatic amines is 1. The molecule has 1 fully saturated rings. The molecule has 1 unspecified atom stereocenters. The molecule has 1 aliphatic heterocycles. The molecule has 4 aromatic rings. The Morgan fingerprint density at radius 3 is 2.59 bits per heavy atom. The third-order valence-corrected chi connectivity index (χ3v) is 7.92. The minimum Gasteiger partial charge on any atom is -0.354 e. The van der Waals surface area contributed by atoms with Crippen LogP contribution >= 0.6 is 11.6 Å². The average Bonchev–Trinajstić information content (AvgIpc) is 3.28. The zero-order valence-corrected chi connectivity index (χ0v) is 23.7. The van der Waals surface area contributed by atoms with E-state index in [1.165, 1.54) is 6.07 Å². The Balaban J connectivity index is 1.54. The number of hydrogen-bond donors (Lipinski definition) is 3. The number of pyridine rings is 2. The minimum atomic E-state index is -0.256. The lowest BCUT2D eigenvalue weighted by Crippen LogP contribution is -2.43. The monoisotopic (exact) mass is 546 g/mol. The highest BCUT2D eigenvalue weighted by molar-refractivity contribution is 6.30. The number of aromatic nitrogens is 3. The third-order valence-electron chi connectivity index (χ3n) is 7.60. The number of piperazine rings is 1. The number of aryl methyl sites for hydroxylation is 2. The standard InChI is InChI=1S/C30H35ClN6O2/c1-5-20(4)37-17-18(2)28-23(30(39)34-16-24-26(38)12-19(3)35-29(24)31)13-22(14-25(28)37)21-6-7-27(33-15-21)36-10-8-32-9-11-36/h6-7,12-15,17,20,32H,5,8-11,16H2,1-4H3,(H,34,39)(H,35,38). The van der Waals surface area contributed by atoms with Crippen LogP contribution in [-0.4, -0.2) is 46.6 Å². The van der Waals surface area contributed by atoms with Gasteiger partial charge in [-0.3, -0.25) is 9.59 Å². The fourth-order valence-electron chi connectivity index (χ4n) is 5.24. The van der Waals surface area contributed by atoms with E-state index >= 15 is 0 Å². The van der Waals surface area contributed by atoms with Gasteiger partial charge in [0.15, 0.2) is 5.43 Å². The maximum atomic E-state index is 13.7. The fraction of sp³-hybridized carbons (Fsp3) is 0.367. The number of rotatable bonds is 7. The quantitative estimate of drug-likeness (QED) is 0.284. The normalized spacial score (nSPS) is 14.5. The fourth-order valence-corrected chi connectivity index (χ4v) is 5.55. The first kappa shape index (κ1) is 27.0. The number of benzene rings is 1. The summed E-state index contributed by atoms with van der Waals surface area (Å²) in [6.07, 6.45) is 4.96. The van der Waals surface area contributed by atoms with Gasteiger partial charge in [0, 0.05) is 84.9 Å². The first-order valence-electron chi connectivity index (χ1n) is 13.5. The van der Waals surface area contributed by atoms with Crippen LogP contribution in [0.4, 0.5) is 5.82 Å². The number of amides is 1. The second-order valence-electron chi connectivity index (χ2n) is 10.3. The van der Waals surface area contributed by atoms with Crippen LogP contribution in [0.5, 0.6) is 0 Å². The van der Waals surface area contributed by atoms with Gasteiger partial charge in [-0.2, -0.15) is 0 Å². The molecule has 5 rings (SSSR count). The molecule has 1 saturated heterocycles. The molecule has 4 heterocycles. The summed E-state index contributed by atoms with van der Waals surface area (Å²) < 4.78 is 2.25. The molecule has 0 radical (unpaired) electrons. The lowest BCUT2D eigenvalue weighted by Gasteiger charge is -2.28. The molecular weight excluding hydrogens is 512 g/mol. The topological polar surface area (TPSA) is 95.0 Å². The smallest absolute Gasteiger partial charge is 0.252 e. The summed E-state index contributed by atoms with van der Waals surface area (Å²) in [5.41, 5.74) is 5.26. The molecule has 0 saturated carbocycles. The Bertz CT molecular complexity index is 1570. The first-order valence-corrected chi connectivity index (χ1v) is 13.9. The molecule has 1 amide bonds. The molecule has 1 aromatic carbocycles. The van der Waals surface area contributed by atoms with Crippen molar-refractivity contribution in [1.82, 2.24) is 25.2 Å². The Hall–Kier alpha value is -3.62. The summed E-state index contributed by atoms with van der Waals surface area (Å²) in [5.74, 6) is 0.701. The van der Waals surface area contributed by atoms with Crippen LogP contribution in [0, 0.1) is 13.8 Å². The highest BCUT2D eigenvalue weighted by Crippen LogP contribution is 2.34. The molecule has 0 spiro atoms. The van der Waals surface area contributed by atoms with Crippen molar-refractivity contribution in [2.45, 2.75) is 46.7 Å². The third kappa shape index (κ3) is 5.44. The Labute approximate surface area is 233 Å². The van der Waals surface area contributed by atoms with Gasteiger partial charge in [-0.15, -0.1) is 0 Å². The highest BCUT2D eigenvalue weighted by Gasteiger charge is 2.20. The van der Waals surface area contributed by atoms with Crippen LogP contribution in [-0.2, 0) is 6.54 Å². The van der Waals surface area contributed by atoms with Crippen molar-refractivity contribution in [3.05, 3.63) is 80.5 Å². The summed E-state index contributed by atoms with van der Waals surface area (Å²) in [4.78, 5) is 36.1. The first-order chi connectivity index (χ1) is 18.8. The second-order valence-corrected chi connectivity index (χ2v) is 10.7. The van der Waals surface area contributed by atoms with E-state index in [-0.39, 0.29) is 29.1 Å². The zero-order valence-electron chi connectivity index (χ0n) is 22.9. The number of carbonyl (C=O) groups is 1. The zero-order chi connectivity index (χ0) is 27.7. The number of carbonyl (C=O) groups excluding carboxylic acids is 1. The van der Waals surface area contributed by atoms with E-state index < -0.39 is 0 Å². The Morgan fingerprint density at radius 2 is 1.92 bits per heavy atom. The van der Waals surface area contributed by atoms with E-state index in [1.807, 2.05) is 19.2 Å². The number of fused-ring (bicyclic) bond motifs is 1. The van der Waals surface area contributed by atoms with Crippen molar-refractivity contribution in [3.8, 4) is 11.1 Å². The van der Waals surface area contributed by atoms with E-state index in [2.05, 4.69) is 63.3 Å². The summed E-state index contributed by atoms with van der Waals surface area (Å²) in [5, 5.41) is 7.46. The van der Waals surface area contributed by atoms with Crippen molar-refractivity contribution < 1.29 is 4.79 Å². The van der Waals surface area contributed by atoms with Crippen molar-refractivity contribution in [1.29, 1.82) is 0 Å². The van der Waals surface area contributed by atoms with E-state index in [9.17, 15) is 9.59 Å². The van der Waals surface area contributed by atoms with Gasteiger partial charge in [0.2, 0.25) is 0 Å². The van der Waals surface area contributed by atoms with Crippen molar-refractivity contribution in [2.75, 3.05) is 31.1 Å². The van der Waals surface area contributed by atoms with Gasteiger partial charge < -0.3 is 25.1 Å². The van der Waals surface area contributed by atoms with Crippen LogP contribution in [0.3, 0.4) is 0 Å². The number of nitrogens with one attached hydrogen (secondary N) is 3. The molecule has 0 aliphatic carbocycles. The number of halogens is 1. The van der Waals surface area contributed by atoms with Crippen LogP contribution < -0.4 is 21.0 Å². The molecule has 8 nitrogen and oxygen atoms in total. The molecular formula is C30H35ClN6O2. The SMILES string of the molecule is CCC(C)n1cc(C)c2c(C(=O)NCc3c(Cl)[nH]c(C)cc3=O)cc(-c3ccc(N4CCNCC4)nc3)cc21. The van der Waals surface area contributed by atoms with Gasteiger partial charge in [0.05, 0.1) is 5.56 Å². The molecule has 204 valence electrons. The van der Waals surface area contributed by atoms with Crippen LogP contribution in [0.1, 0.15) is 53.5 Å². The van der Waals surface area contributed by atoms with Gasteiger partial charge >= 0.3 is 0 Å². The maximum absolute atomic E-state index is 13.7. The van der Waals surface area contributed by atoms with Crippen LogP contribution in [0.15, 0.2) is 47.5 Å². The summed E-state index contributed by atoms with van der Waals surface area (Å²) in [6.45, 7) is 11.9. The van der Waals surface area contributed by atoms with E-state index in [0.717, 1.165) is 66.0 Å². The molecule has 0 bridgehead atoms. The van der Waals surface area contributed by atoms with Gasteiger partial charge in [0.25, 0.3) is 5.91 Å². The van der Waals surface area contributed by atoms with Gasteiger partial charge in [-0.25, -0.2) is 4.98 Å². The van der Waals surface area contributed by atoms with Gasteiger partial charge in [-0.05, 0) is 62.6 Å². The summed E-state index contributed by atoms with van der Waals surface area (Å²) >= 11 is 6.29. The Morgan fingerprint density at radius 1 is 1.15 bits per heavy atom. The maximum Gasteiger partial charge on any atom is 0.252 e. The highest BCUT2D eigenvalue weighted by atomic mass is 35.5. The molecule has 39 heavy (non-hydrogen) atoms. The van der Waals surface area contributed by atoms with E-state index in [1.54, 1.807) is 6.92 Å². The van der Waals surface area contributed by atoms with Crippen molar-refractivity contribution in [3.63, 3.8) is 0 Å². The van der Waals surface area contributed by atoms with Crippen LogP contribution in [0.2, 0.25) is 5.15 Å². The van der Waals surface area contributed by atoms with Crippen molar-refractivity contribution >= 4 is 34.2 Å². The molecule has 1 atom stereocenters. The number of anilines is 1. The molecule has 9 heteroatoms. The van der Waals surface area contributed by atoms with E-state index in [4.69, 9.17) is 16.6 Å². The lowest BCUT2D eigenvalue weighted by molar-refractivity contribution is 0.0952. The molecule has 3 aromatic heterocycles. The predicted octanol–water partition coefficient (Wildman–Crippen LogP) is 4.97.